The molecule has 0 saturated carbocycles. The van der Waals surface area contributed by atoms with Gasteiger partial charge in [-0.25, -0.2) is 0 Å². The van der Waals surface area contributed by atoms with Crippen LogP contribution in [0.4, 0.5) is 5.69 Å². The van der Waals surface area contributed by atoms with E-state index in [0.29, 0.717) is 12.1 Å². The summed E-state index contributed by atoms with van der Waals surface area (Å²) in [6.45, 7) is 5.90. The van der Waals surface area contributed by atoms with Crippen LogP contribution in [-0.2, 0) is 0 Å². The van der Waals surface area contributed by atoms with E-state index in [2.05, 4.69) is 29.5 Å². The standard InChI is InChI=1S/C16H27N3O.2ClH/c1-5-6-11-19(4)15-9-7-14(8-10-15)16(20)18-12-13(2)17-3;;/h7-10,13,17H,5-6,11-12H2,1-4H3,(H,18,20);2*1H. The molecule has 4 nitrogen and oxygen atoms in total. The second-order valence-electron chi connectivity index (χ2n) is 5.22. The molecule has 0 aliphatic rings. The van der Waals surface area contributed by atoms with Gasteiger partial charge in [-0.15, -0.1) is 24.8 Å². The molecule has 0 bridgehead atoms. The van der Waals surface area contributed by atoms with Crippen molar-refractivity contribution in [2.45, 2.75) is 32.7 Å². The first-order chi connectivity index (χ1) is 9.58. The van der Waals surface area contributed by atoms with Gasteiger partial charge in [0.25, 0.3) is 5.91 Å². The first-order valence-electron chi connectivity index (χ1n) is 7.35. The molecule has 1 amide bonds. The summed E-state index contributed by atoms with van der Waals surface area (Å²) in [5.74, 6) is -0.0186. The third-order valence-corrected chi connectivity index (χ3v) is 3.48. The summed E-state index contributed by atoms with van der Waals surface area (Å²) >= 11 is 0. The van der Waals surface area contributed by atoms with Gasteiger partial charge in [0, 0.05) is 37.4 Å². The zero-order valence-electron chi connectivity index (χ0n) is 13.9. The molecular formula is C16H29Cl2N3O. The predicted molar refractivity (Wildman–Crippen MR) is 100.0 cm³/mol. The van der Waals surface area contributed by atoms with Gasteiger partial charge in [-0.05, 0) is 44.7 Å². The fourth-order valence-corrected chi connectivity index (χ4v) is 1.84. The SMILES string of the molecule is CCCCN(C)c1ccc(C(=O)NCC(C)NC)cc1.Cl.Cl. The molecule has 0 aliphatic carbocycles. The summed E-state index contributed by atoms with van der Waals surface area (Å²) in [7, 11) is 3.97. The number of likely N-dealkylation sites (N-methyl/N-ethyl adjacent to an activating group) is 1. The van der Waals surface area contributed by atoms with Gasteiger partial charge < -0.3 is 15.5 Å². The lowest BCUT2D eigenvalue weighted by molar-refractivity contribution is 0.0950. The van der Waals surface area contributed by atoms with Gasteiger partial charge in [0.05, 0.1) is 0 Å². The second kappa shape index (κ2) is 12.6. The smallest absolute Gasteiger partial charge is 0.251 e. The largest absolute Gasteiger partial charge is 0.375 e. The number of benzene rings is 1. The molecule has 0 aliphatic heterocycles. The maximum absolute atomic E-state index is 12.0. The molecule has 0 heterocycles. The minimum absolute atomic E-state index is 0. The molecule has 0 radical (unpaired) electrons. The second-order valence-corrected chi connectivity index (χ2v) is 5.22. The molecule has 0 saturated heterocycles. The number of hydrogen-bond donors (Lipinski definition) is 2. The number of carbonyl (C=O) groups excluding carboxylic acids is 1. The third-order valence-electron chi connectivity index (χ3n) is 3.48. The van der Waals surface area contributed by atoms with Crippen LogP contribution in [0, 0.1) is 0 Å². The lowest BCUT2D eigenvalue weighted by Crippen LogP contribution is -2.37. The Morgan fingerprint density at radius 2 is 1.82 bits per heavy atom. The molecule has 6 heteroatoms. The van der Waals surface area contributed by atoms with Crippen molar-refractivity contribution < 1.29 is 4.79 Å². The highest BCUT2D eigenvalue weighted by Gasteiger charge is 2.07. The van der Waals surface area contributed by atoms with E-state index in [4.69, 9.17) is 0 Å². The van der Waals surface area contributed by atoms with Crippen molar-refractivity contribution in [3.63, 3.8) is 0 Å². The minimum atomic E-state index is -0.0186. The highest BCUT2D eigenvalue weighted by molar-refractivity contribution is 5.94. The topological polar surface area (TPSA) is 44.4 Å². The number of nitrogens with zero attached hydrogens (tertiary/aromatic N) is 1. The van der Waals surface area contributed by atoms with Crippen LogP contribution in [0.1, 0.15) is 37.0 Å². The summed E-state index contributed by atoms with van der Waals surface area (Å²) in [5.41, 5.74) is 1.86. The normalized spacial score (nSPS) is 10.9. The first-order valence-corrected chi connectivity index (χ1v) is 7.35. The number of unbranched alkanes of at least 4 members (excludes halogenated alkanes) is 1. The lowest BCUT2D eigenvalue weighted by Gasteiger charge is -2.19. The summed E-state index contributed by atoms with van der Waals surface area (Å²) in [6, 6.07) is 8.06. The molecule has 0 fully saturated rings. The number of nitrogens with one attached hydrogen (secondary N) is 2. The number of carbonyl (C=O) groups is 1. The zero-order chi connectivity index (χ0) is 15.0. The van der Waals surface area contributed by atoms with Crippen molar-refractivity contribution in [3.8, 4) is 0 Å². The average molecular weight is 350 g/mol. The monoisotopic (exact) mass is 349 g/mol. The highest BCUT2D eigenvalue weighted by Crippen LogP contribution is 2.14. The summed E-state index contributed by atoms with van der Waals surface area (Å²) < 4.78 is 0. The molecule has 22 heavy (non-hydrogen) atoms. The Kier molecular flexibility index (Phi) is 13.3. The van der Waals surface area contributed by atoms with E-state index in [1.54, 1.807) is 0 Å². The molecule has 0 spiro atoms. The van der Waals surface area contributed by atoms with Crippen LogP contribution in [-0.4, -0.2) is 39.1 Å². The zero-order valence-corrected chi connectivity index (χ0v) is 15.5. The molecular weight excluding hydrogens is 321 g/mol. The van der Waals surface area contributed by atoms with Crippen molar-refractivity contribution in [2.75, 3.05) is 32.1 Å². The van der Waals surface area contributed by atoms with Gasteiger partial charge in [0.15, 0.2) is 0 Å². The summed E-state index contributed by atoms with van der Waals surface area (Å²) in [5, 5.41) is 6.01. The maximum Gasteiger partial charge on any atom is 0.251 e. The third kappa shape index (κ3) is 7.87. The van der Waals surface area contributed by atoms with Gasteiger partial charge in [0.1, 0.15) is 0 Å². The van der Waals surface area contributed by atoms with Gasteiger partial charge in [-0.1, -0.05) is 13.3 Å². The molecule has 1 rings (SSSR count). The Hall–Kier alpha value is -0.970. The lowest BCUT2D eigenvalue weighted by atomic mass is 10.1. The van der Waals surface area contributed by atoms with Gasteiger partial charge in [-0.2, -0.15) is 0 Å². The number of hydrogen-bond acceptors (Lipinski definition) is 3. The van der Waals surface area contributed by atoms with E-state index in [9.17, 15) is 4.79 Å². The molecule has 1 aromatic carbocycles. The molecule has 128 valence electrons. The Morgan fingerprint density at radius 3 is 2.32 bits per heavy atom. The van der Waals surface area contributed by atoms with Crippen LogP contribution in [0.2, 0.25) is 0 Å². The molecule has 1 atom stereocenters. The van der Waals surface area contributed by atoms with Crippen LogP contribution in [0.25, 0.3) is 0 Å². The van der Waals surface area contributed by atoms with Crippen LogP contribution in [0.5, 0.6) is 0 Å². The fraction of sp³-hybridized carbons (Fsp3) is 0.562. The summed E-state index contributed by atoms with van der Waals surface area (Å²) in [4.78, 5) is 14.2. The van der Waals surface area contributed by atoms with E-state index in [1.165, 1.54) is 12.8 Å². The summed E-state index contributed by atoms with van der Waals surface area (Å²) in [6.07, 6.45) is 2.37. The number of halogens is 2. The Morgan fingerprint density at radius 1 is 1.23 bits per heavy atom. The van der Waals surface area contributed by atoms with E-state index in [0.717, 1.165) is 12.2 Å². The molecule has 1 unspecified atom stereocenters. The van der Waals surface area contributed by atoms with Gasteiger partial charge >= 0.3 is 0 Å². The van der Waals surface area contributed by atoms with E-state index in [-0.39, 0.29) is 36.8 Å². The first kappa shape index (κ1) is 23.3. The van der Waals surface area contributed by atoms with E-state index in [1.807, 2.05) is 38.2 Å². The number of amides is 1. The maximum atomic E-state index is 12.0. The Balaban J connectivity index is 0. The van der Waals surface area contributed by atoms with Crippen molar-refractivity contribution in [1.82, 2.24) is 10.6 Å². The minimum Gasteiger partial charge on any atom is -0.375 e. The quantitative estimate of drug-likeness (QED) is 0.757. The average Bonchev–Trinajstić information content (AvgIpc) is 2.49. The van der Waals surface area contributed by atoms with Crippen molar-refractivity contribution in [3.05, 3.63) is 29.8 Å². The van der Waals surface area contributed by atoms with Crippen molar-refractivity contribution in [2.24, 2.45) is 0 Å². The van der Waals surface area contributed by atoms with Gasteiger partial charge in [-0.3, -0.25) is 4.79 Å². The van der Waals surface area contributed by atoms with Crippen LogP contribution >= 0.6 is 24.8 Å². The van der Waals surface area contributed by atoms with Crippen LogP contribution < -0.4 is 15.5 Å². The molecule has 2 N–H and O–H groups in total. The van der Waals surface area contributed by atoms with E-state index < -0.39 is 0 Å². The Labute approximate surface area is 146 Å². The Bertz CT molecular complexity index is 412. The molecule has 0 aromatic heterocycles. The predicted octanol–water partition coefficient (Wildman–Crippen LogP) is 3.10. The fourth-order valence-electron chi connectivity index (χ4n) is 1.84. The van der Waals surface area contributed by atoms with Crippen LogP contribution in [0.3, 0.4) is 0 Å². The number of rotatable bonds is 8. The van der Waals surface area contributed by atoms with Crippen LogP contribution in [0.15, 0.2) is 24.3 Å². The molecule has 1 aromatic rings. The van der Waals surface area contributed by atoms with Crippen molar-refractivity contribution >= 4 is 36.4 Å². The number of anilines is 1. The van der Waals surface area contributed by atoms with Gasteiger partial charge in [0.2, 0.25) is 0 Å². The van der Waals surface area contributed by atoms with E-state index >= 15 is 0 Å². The van der Waals surface area contributed by atoms with Crippen molar-refractivity contribution in [1.29, 1.82) is 0 Å². The highest BCUT2D eigenvalue weighted by atomic mass is 35.5.